The molecule has 8 nitrogen and oxygen atoms in total. The molecule has 0 aliphatic heterocycles. The van der Waals surface area contributed by atoms with Crippen molar-refractivity contribution < 1.29 is 9.53 Å². The topological polar surface area (TPSA) is 102 Å². The van der Waals surface area contributed by atoms with Crippen molar-refractivity contribution in [2.24, 2.45) is 5.92 Å². The minimum atomic E-state index is -0.311. The molecular formula is C15H22N6O2S. The number of rotatable bonds is 7. The third-order valence-corrected chi connectivity index (χ3v) is 4.54. The number of nitrogens with zero attached hydrogens (tertiary/aromatic N) is 4. The lowest BCUT2D eigenvalue weighted by Crippen LogP contribution is -2.34. The molecule has 0 fully saturated rings. The van der Waals surface area contributed by atoms with E-state index >= 15 is 0 Å². The Labute approximate surface area is 145 Å². The van der Waals surface area contributed by atoms with Gasteiger partial charge in [-0.25, -0.2) is 4.98 Å². The summed E-state index contributed by atoms with van der Waals surface area (Å²) in [6, 6.07) is 1.57. The molecule has 0 saturated carbocycles. The number of aromatic nitrogens is 4. The summed E-state index contributed by atoms with van der Waals surface area (Å²) in [7, 11) is 1.55. The van der Waals surface area contributed by atoms with E-state index in [1.54, 1.807) is 13.2 Å². The summed E-state index contributed by atoms with van der Waals surface area (Å²) in [4.78, 5) is 20.9. The fourth-order valence-electron chi connectivity index (χ4n) is 1.93. The van der Waals surface area contributed by atoms with E-state index < -0.39 is 0 Å². The first-order valence-corrected chi connectivity index (χ1v) is 8.54. The average Bonchev–Trinajstić information content (AvgIpc) is 3.00. The van der Waals surface area contributed by atoms with Crippen molar-refractivity contribution in [1.29, 1.82) is 0 Å². The molecule has 9 heteroatoms. The first kappa shape index (κ1) is 18.1. The number of nitrogens with one attached hydrogen (secondary N) is 2. The van der Waals surface area contributed by atoms with E-state index in [1.807, 2.05) is 27.7 Å². The summed E-state index contributed by atoms with van der Waals surface area (Å²) in [5.41, 5.74) is 0.787. The Bertz CT molecular complexity index is 705. The van der Waals surface area contributed by atoms with Gasteiger partial charge in [-0.3, -0.25) is 4.79 Å². The summed E-state index contributed by atoms with van der Waals surface area (Å²) in [5.74, 6) is 0.473. The van der Waals surface area contributed by atoms with Crippen molar-refractivity contribution in [3.63, 3.8) is 0 Å². The Balaban J connectivity index is 1.99. The third kappa shape index (κ3) is 4.60. The normalized spacial score (nSPS) is 13.2. The van der Waals surface area contributed by atoms with Gasteiger partial charge in [0.1, 0.15) is 5.01 Å². The molecule has 24 heavy (non-hydrogen) atoms. The van der Waals surface area contributed by atoms with Crippen molar-refractivity contribution >= 4 is 28.3 Å². The highest BCUT2D eigenvalue weighted by Crippen LogP contribution is 2.18. The number of hydrogen-bond acceptors (Lipinski definition) is 8. The summed E-state index contributed by atoms with van der Waals surface area (Å²) in [5, 5.41) is 15.3. The van der Waals surface area contributed by atoms with Crippen LogP contribution in [-0.2, 0) is 11.2 Å². The van der Waals surface area contributed by atoms with Gasteiger partial charge in [0.15, 0.2) is 0 Å². The maximum atomic E-state index is 12.4. The van der Waals surface area contributed by atoms with Gasteiger partial charge in [0.25, 0.3) is 0 Å². The zero-order chi connectivity index (χ0) is 17.7. The lowest BCUT2D eigenvalue weighted by atomic mass is 10.0. The predicted molar refractivity (Wildman–Crippen MR) is 93.5 cm³/mol. The number of carbonyl (C=O) groups is 1. The van der Waals surface area contributed by atoms with Crippen molar-refractivity contribution in [1.82, 2.24) is 20.2 Å². The second-order valence-electron chi connectivity index (χ2n) is 5.44. The lowest BCUT2D eigenvalue weighted by molar-refractivity contribution is -0.119. The quantitative estimate of drug-likeness (QED) is 0.790. The van der Waals surface area contributed by atoms with Gasteiger partial charge in [-0.1, -0.05) is 25.2 Å². The largest absolute Gasteiger partial charge is 0.481 e. The summed E-state index contributed by atoms with van der Waals surface area (Å²) in [6.07, 6.45) is 0.799. The molecule has 0 aromatic carbocycles. The minimum Gasteiger partial charge on any atom is -0.481 e. The van der Waals surface area contributed by atoms with Crippen LogP contribution < -0.4 is 15.4 Å². The first-order chi connectivity index (χ1) is 11.4. The number of methoxy groups -OCH3 is 1. The third-order valence-electron chi connectivity index (χ3n) is 3.56. The molecule has 0 aliphatic carbocycles. The van der Waals surface area contributed by atoms with Crippen LogP contribution in [0.3, 0.4) is 0 Å². The van der Waals surface area contributed by atoms with Crippen molar-refractivity contribution in [3.05, 3.63) is 16.8 Å². The van der Waals surface area contributed by atoms with Gasteiger partial charge in [-0.05, 0) is 20.3 Å². The van der Waals surface area contributed by atoms with Gasteiger partial charge in [-0.2, -0.15) is 4.98 Å². The Kier molecular flexibility index (Phi) is 6.02. The first-order valence-electron chi connectivity index (χ1n) is 7.72. The summed E-state index contributed by atoms with van der Waals surface area (Å²) >= 11 is 1.39. The molecule has 0 bridgehead atoms. The zero-order valence-corrected chi connectivity index (χ0v) is 15.3. The number of carbonyl (C=O) groups excluding carboxylic acids is 1. The molecular weight excluding hydrogens is 328 g/mol. The molecule has 1 amide bonds. The number of hydrogen-bond donors (Lipinski definition) is 2. The van der Waals surface area contributed by atoms with Gasteiger partial charge < -0.3 is 15.4 Å². The van der Waals surface area contributed by atoms with Crippen LogP contribution in [0.1, 0.15) is 31.5 Å². The highest BCUT2D eigenvalue weighted by atomic mass is 32.1. The van der Waals surface area contributed by atoms with E-state index in [1.165, 1.54) is 11.3 Å². The van der Waals surface area contributed by atoms with Crippen LogP contribution in [0, 0.1) is 12.8 Å². The molecule has 2 N–H and O–H groups in total. The fraction of sp³-hybridized carbons (Fsp3) is 0.533. The van der Waals surface area contributed by atoms with Crippen LogP contribution in [0.4, 0.5) is 11.1 Å². The highest BCUT2D eigenvalue weighted by Gasteiger charge is 2.22. The molecule has 2 unspecified atom stereocenters. The number of aryl methyl sites for hydroxylation is 2. The fourth-order valence-corrected chi connectivity index (χ4v) is 2.61. The Morgan fingerprint density at radius 2 is 2.08 bits per heavy atom. The van der Waals surface area contributed by atoms with Crippen LogP contribution in [0.2, 0.25) is 0 Å². The lowest BCUT2D eigenvalue weighted by Gasteiger charge is -2.20. The Morgan fingerprint density at radius 3 is 2.71 bits per heavy atom. The second kappa shape index (κ2) is 8.00. The predicted octanol–water partition coefficient (Wildman–Crippen LogP) is 2.28. The van der Waals surface area contributed by atoms with E-state index in [0.29, 0.717) is 17.0 Å². The molecule has 2 aromatic heterocycles. The Hall–Kier alpha value is -2.29. The molecule has 0 radical (unpaired) electrons. The van der Waals surface area contributed by atoms with Gasteiger partial charge in [0.2, 0.25) is 22.9 Å². The van der Waals surface area contributed by atoms with Gasteiger partial charge in [0, 0.05) is 17.8 Å². The van der Waals surface area contributed by atoms with E-state index in [0.717, 1.165) is 17.1 Å². The van der Waals surface area contributed by atoms with Gasteiger partial charge >= 0.3 is 0 Å². The van der Waals surface area contributed by atoms with Crippen LogP contribution in [0.25, 0.3) is 0 Å². The van der Waals surface area contributed by atoms with Crippen molar-refractivity contribution in [2.45, 2.75) is 40.2 Å². The number of ether oxygens (including phenoxy) is 1. The number of amides is 1. The smallest absolute Gasteiger partial charge is 0.231 e. The summed E-state index contributed by atoms with van der Waals surface area (Å²) in [6.45, 7) is 7.59. The molecule has 2 aromatic rings. The maximum Gasteiger partial charge on any atom is 0.231 e. The van der Waals surface area contributed by atoms with E-state index in [9.17, 15) is 4.79 Å². The van der Waals surface area contributed by atoms with E-state index in [-0.39, 0.29) is 17.9 Å². The molecule has 0 aliphatic rings. The van der Waals surface area contributed by atoms with Crippen LogP contribution in [-0.4, -0.2) is 39.2 Å². The van der Waals surface area contributed by atoms with E-state index in [2.05, 4.69) is 30.8 Å². The molecule has 2 heterocycles. The zero-order valence-electron chi connectivity index (χ0n) is 14.5. The second-order valence-corrected chi connectivity index (χ2v) is 6.50. The van der Waals surface area contributed by atoms with E-state index in [4.69, 9.17) is 4.74 Å². The summed E-state index contributed by atoms with van der Waals surface area (Å²) < 4.78 is 5.13. The average molecular weight is 350 g/mol. The Morgan fingerprint density at radius 1 is 1.33 bits per heavy atom. The van der Waals surface area contributed by atoms with Gasteiger partial charge in [-0.15, -0.1) is 10.2 Å². The van der Waals surface area contributed by atoms with Crippen molar-refractivity contribution in [3.8, 4) is 5.88 Å². The van der Waals surface area contributed by atoms with Gasteiger partial charge in [0.05, 0.1) is 13.0 Å². The molecule has 0 spiro atoms. The standard InChI is InChI=1S/C15H22N6O2S/c1-6-12-20-21-15(24-12)19-13(22)9(3)10(4)17-14-16-8(2)7-11(18-14)23-5/h7,9-10H,6H2,1-5H3,(H,16,17,18)(H,19,21,22). The number of anilines is 2. The maximum absolute atomic E-state index is 12.4. The SMILES string of the molecule is CCc1nnc(NC(=O)C(C)C(C)Nc2nc(C)cc(OC)n2)s1. The highest BCUT2D eigenvalue weighted by molar-refractivity contribution is 7.15. The molecule has 0 saturated heterocycles. The minimum absolute atomic E-state index is 0.131. The van der Waals surface area contributed by atoms with Crippen molar-refractivity contribution in [2.75, 3.05) is 17.7 Å². The van der Waals surface area contributed by atoms with Crippen LogP contribution >= 0.6 is 11.3 Å². The monoisotopic (exact) mass is 350 g/mol. The van der Waals surface area contributed by atoms with Crippen LogP contribution in [0.15, 0.2) is 6.07 Å². The molecule has 2 atom stereocenters. The molecule has 130 valence electrons. The molecule has 2 rings (SSSR count). The van der Waals surface area contributed by atoms with Crippen LogP contribution in [0.5, 0.6) is 5.88 Å².